The molecule has 2 N–H and O–H groups in total. The summed E-state index contributed by atoms with van der Waals surface area (Å²) in [6.45, 7) is 0.763. The highest BCUT2D eigenvalue weighted by Crippen LogP contribution is 2.31. The summed E-state index contributed by atoms with van der Waals surface area (Å²) >= 11 is 5.72. The predicted molar refractivity (Wildman–Crippen MR) is 72.1 cm³/mol. The van der Waals surface area contributed by atoms with Crippen molar-refractivity contribution in [2.75, 3.05) is 18.4 Å². The van der Waals surface area contributed by atoms with Gasteiger partial charge in [-0.3, -0.25) is 10.1 Å². The van der Waals surface area contributed by atoms with E-state index in [1.807, 2.05) is 0 Å². The van der Waals surface area contributed by atoms with Gasteiger partial charge >= 0.3 is 11.8 Å². The van der Waals surface area contributed by atoms with Gasteiger partial charge in [0.1, 0.15) is 5.69 Å². The summed E-state index contributed by atoms with van der Waals surface area (Å²) in [5.41, 5.74) is -0.0335. The Morgan fingerprint density at radius 1 is 1.65 bits per heavy atom. The summed E-state index contributed by atoms with van der Waals surface area (Å²) in [5.74, 6) is 0. The minimum atomic E-state index is -0.987. The average molecular weight is 301 g/mol. The molecule has 1 aliphatic rings. The molecule has 0 aliphatic carbocycles. The molecule has 0 bridgehead atoms. The van der Waals surface area contributed by atoms with Crippen LogP contribution in [0.2, 0.25) is 5.15 Å². The molecule has 1 aliphatic heterocycles. The van der Waals surface area contributed by atoms with Crippen LogP contribution < -0.4 is 5.32 Å². The first-order chi connectivity index (χ1) is 9.49. The lowest BCUT2D eigenvalue weighted by molar-refractivity contribution is -0.384. The number of nitro groups is 1. The van der Waals surface area contributed by atoms with Crippen molar-refractivity contribution in [2.24, 2.45) is 0 Å². The molecular formula is C11H13ClN4O4. The third kappa shape index (κ3) is 3.08. The van der Waals surface area contributed by atoms with Crippen LogP contribution in [0.5, 0.6) is 0 Å². The highest BCUT2D eigenvalue weighted by atomic mass is 35.5. The van der Waals surface area contributed by atoms with E-state index in [2.05, 4.69) is 10.3 Å². The zero-order chi connectivity index (χ0) is 14.7. The maximum atomic E-state index is 11.0. The van der Waals surface area contributed by atoms with Gasteiger partial charge in [-0.1, -0.05) is 11.6 Å². The molecule has 9 heteroatoms. The van der Waals surface area contributed by atoms with E-state index in [0.29, 0.717) is 13.0 Å². The molecule has 108 valence electrons. The minimum Gasteiger partial charge on any atom is -0.465 e. The summed E-state index contributed by atoms with van der Waals surface area (Å²) < 4.78 is 0. The van der Waals surface area contributed by atoms with Gasteiger partial charge in [0.2, 0.25) is 5.15 Å². The molecule has 1 aromatic heterocycles. The molecule has 0 unspecified atom stereocenters. The van der Waals surface area contributed by atoms with Gasteiger partial charge in [-0.15, -0.1) is 0 Å². The molecule has 8 nitrogen and oxygen atoms in total. The van der Waals surface area contributed by atoms with Gasteiger partial charge in [0, 0.05) is 25.3 Å². The molecule has 1 aromatic rings. The number of aromatic nitrogens is 1. The Morgan fingerprint density at radius 2 is 2.40 bits per heavy atom. The summed E-state index contributed by atoms with van der Waals surface area (Å²) in [6.07, 6.45) is 1.83. The fourth-order valence-corrected chi connectivity index (χ4v) is 2.43. The Labute approximate surface area is 119 Å². The number of pyridine rings is 1. The number of nitrogens with one attached hydrogen (secondary N) is 1. The highest BCUT2D eigenvalue weighted by Gasteiger charge is 2.26. The number of amides is 1. The van der Waals surface area contributed by atoms with Crippen LogP contribution in [0.1, 0.15) is 12.8 Å². The van der Waals surface area contributed by atoms with E-state index in [4.69, 9.17) is 16.7 Å². The first-order valence-corrected chi connectivity index (χ1v) is 6.40. The summed E-state index contributed by atoms with van der Waals surface area (Å²) in [6, 6.07) is 1.28. The zero-order valence-electron chi connectivity index (χ0n) is 10.5. The highest BCUT2D eigenvalue weighted by molar-refractivity contribution is 6.32. The maximum Gasteiger partial charge on any atom is 0.407 e. The molecule has 2 rings (SSSR count). The predicted octanol–water partition coefficient (Wildman–Crippen LogP) is 2.20. The zero-order valence-corrected chi connectivity index (χ0v) is 11.2. The molecular weight excluding hydrogens is 288 g/mol. The normalized spacial score (nSPS) is 18.6. The van der Waals surface area contributed by atoms with Gasteiger partial charge in [-0.05, 0) is 18.9 Å². The first-order valence-electron chi connectivity index (χ1n) is 6.02. The van der Waals surface area contributed by atoms with E-state index < -0.39 is 11.0 Å². The minimum absolute atomic E-state index is 0.183. The smallest absolute Gasteiger partial charge is 0.407 e. The van der Waals surface area contributed by atoms with Gasteiger partial charge in [-0.2, -0.15) is 0 Å². The van der Waals surface area contributed by atoms with Gasteiger partial charge in [0.25, 0.3) is 0 Å². The number of carbonyl (C=O) groups is 1. The van der Waals surface area contributed by atoms with E-state index in [1.54, 1.807) is 0 Å². The Bertz CT molecular complexity index is 539. The molecule has 0 spiro atoms. The molecule has 1 atom stereocenters. The van der Waals surface area contributed by atoms with Crippen LogP contribution in [-0.4, -0.2) is 45.1 Å². The van der Waals surface area contributed by atoms with Crippen LogP contribution in [0.3, 0.4) is 0 Å². The summed E-state index contributed by atoms with van der Waals surface area (Å²) in [4.78, 5) is 26.3. The number of rotatable bonds is 3. The van der Waals surface area contributed by atoms with Gasteiger partial charge in [0.05, 0.1) is 4.92 Å². The number of hydrogen-bond donors (Lipinski definition) is 2. The second-order valence-electron chi connectivity index (χ2n) is 4.47. The third-order valence-corrected chi connectivity index (χ3v) is 3.39. The van der Waals surface area contributed by atoms with Crippen molar-refractivity contribution in [3.8, 4) is 0 Å². The van der Waals surface area contributed by atoms with Crippen molar-refractivity contribution in [3.63, 3.8) is 0 Å². The van der Waals surface area contributed by atoms with E-state index in [1.165, 1.54) is 17.2 Å². The van der Waals surface area contributed by atoms with E-state index in [0.717, 1.165) is 6.42 Å². The number of likely N-dealkylation sites (tertiary alicyclic amines) is 1. The quantitative estimate of drug-likeness (QED) is 0.503. The SMILES string of the molecule is O=C(O)N1CCC[C@@H](Nc2ccnc(Cl)c2[N+](=O)[O-])C1. The van der Waals surface area contributed by atoms with Crippen molar-refractivity contribution < 1.29 is 14.8 Å². The van der Waals surface area contributed by atoms with E-state index >= 15 is 0 Å². The van der Waals surface area contributed by atoms with Crippen molar-refractivity contribution >= 4 is 29.1 Å². The Hall–Kier alpha value is -2.09. The lowest BCUT2D eigenvalue weighted by Crippen LogP contribution is -2.44. The standard InChI is InChI=1S/C11H13ClN4O4/c12-10-9(16(19)20)8(3-4-13-10)14-7-2-1-5-15(6-7)11(17)18/h3-4,7H,1-2,5-6H2,(H,13,14)(H,17,18)/t7-/m1/s1. The Kier molecular flexibility index (Phi) is 4.23. The summed E-state index contributed by atoms with van der Waals surface area (Å²) in [7, 11) is 0. The fraction of sp³-hybridized carbons (Fsp3) is 0.455. The lowest BCUT2D eigenvalue weighted by atomic mass is 10.1. The molecule has 1 saturated heterocycles. The molecule has 0 aromatic carbocycles. The summed E-state index contributed by atoms with van der Waals surface area (Å²) in [5, 5.41) is 22.8. The lowest BCUT2D eigenvalue weighted by Gasteiger charge is -2.31. The molecule has 1 fully saturated rings. The van der Waals surface area contributed by atoms with Crippen molar-refractivity contribution in [1.82, 2.24) is 9.88 Å². The van der Waals surface area contributed by atoms with Crippen LogP contribution >= 0.6 is 11.6 Å². The monoisotopic (exact) mass is 300 g/mol. The number of carboxylic acid groups (broad SMARTS) is 1. The molecule has 2 heterocycles. The number of piperidine rings is 1. The number of nitrogens with zero attached hydrogens (tertiary/aromatic N) is 3. The molecule has 1 amide bonds. The van der Waals surface area contributed by atoms with Crippen LogP contribution in [-0.2, 0) is 0 Å². The number of anilines is 1. The number of halogens is 1. The van der Waals surface area contributed by atoms with Crippen molar-refractivity contribution in [3.05, 3.63) is 27.5 Å². The van der Waals surface area contributed by atoms with Crippen LogP contribution in [0.15, 0.2) is 12.3 Å². The average Bonchev–Trinajstić information content (AvgIpc) is 2.38. The van der Waals surface area contributed by atoms with E-state index in [9.17, 15) is 14.9 Å². The van der Waals surface area contributed by atoms with Gasteiger partial charge in [-0.25, -0.2) is 9.78 Å². The molecule has 0 radical (unpaired) electrons. The van der Waals surface area contributed by atoms with Gasteiger partial charge < -0.3 is 15.3 Å². The van der Waals surface area contributed by atoms with Crippen LogP contribution in [0.25, 0.3) is 0 Å². The third-order valence-electron chi connectivity index (χ3n) is 3.11. The molecule has 20 heavy (non-hydrogen) atoms. The van der Waals surface area contributed by atoms with Crippen LogP contribution in [0, 0.1) is 10.1 Å². The second kappa shape index (κ2) is 5.91. The second-order valence-corrected chi connectivity index (χ2v) is 4.83. The van der Waals surface area contributed by atoms with Gasteiger partial charge in [0.15, 0.2) is 0 Å². The largest absolute Gasteiger partial charge is 0.465 e. The topological polar surface area (TPSA) is 109 Å². The molecule has 0 saturated carbocycles. The maximum absolute atomic E-state index is 11.0. The van der Waals surface area contributed by atoms with Crippen LogP contribution in [0.4, 0.5) is 16.2 Å². The van der Waals surface area contributed by atoms with E-state index in [-0.39, 0.29) is 29.1 Å². The van der Waals surface area contributed by atoms with Crippen molar-refractivity contribution in [2.45, 2.75) is 18.9 Å². The first kappa shape index (κ1) is 14.3. The Morgan fingerprint density at radius 3 is 3.05 bits per heavy atom. The number of hydrogen-bond acceptors (Lipinski definition) is 5. The Balaban J connectivity index is 2.16. The fourth-order valence-electron chi connectivity index (χ4n) is 2.21. The van der Waals surface area contributed by atoms with Crippen molar-refractivity contribution in [1.29, 1.82) is 0 Å².